The molecule has 2 rings (SSSR count). The normalized spacial score (nSPS) is 17.0. The van der Waals surface area contributed by atoms with Gasteiger partial charge in [0.2, 0.25) is 15.9 Å². The number of hydrogen-bond donors (Lipinski definition) is 2. The van der Waals surface area contributed by atoms with E-state index in [0.29, 0.717) is 37.2 Å². The van der Waals surface area contributed by atoms with Gasteiger partial charge in [-0.15, -0.1) is 0 Å². The molecule has 0 unspecified atom stereocenters. The number of piperidine rings is 1. The second-order valence-corrected chi connectivity index (χ2v) is 9.33. The number of carbonyl (C=O) groups excluding carboxylic acids is 1. The van der Waals surface area contributed by atoms with Crippen LogP contribution in [0.5, 0.6) is 0 Å². The van der Waals surface area contributed by atoms with Gasteiger partial charge in [-0.25, -0.2) is 12.7 Å². The third kappa shape index (κ3) is 4.42. The Hall–Kier alpha value is -1.93. The number of carboxylic acid groups (broad SMARTS) is 1. The highest BCUT2D eigenvalue weighted by Crippen LogP contribution is 2.26. The molecular weight excluding hydrogens is 356 g/mol. The Morgan fingerprint density at radius 3 is 2.19 bits per heavy atom. The molecule has 1 saturated heterocycles. The van der Waals surface area contributed by atoms with Crippen molar-refractivity contribution in [1.82, 2.24) is 4.31 Å². The zero-order valence-corrected chi connectivity index (χ0v) is 16.2. The van der Waals surface area contributed by atoms with Crippen LogP contribution in [0.1, 0.15) is 39.2 Å². The van der Waals surface area contributed by atoms with E-state index in [-0.39, 0.29) is 17.6 Å². The van der Waals surface area contributed by atoms with Crippen molar-refractivity contribution in [2.45, 2.75) is 39.0 Å². The molecule has 0 aromatic heterocycles. The number of carbonyl (C=O) groups is 2. The SMILES string of the molecule is CCS(=O)(=O)N1CCC(C(=O)Nc2ccc(C(C)(C)C(=O)O)cc2)CC1. The van der Waals surface area contributed by atoms with Gasteiger partial charge in [-0.1, -0.05) is 12.1 Å². The maximum Gasteiger partial charge on any atom is 0.313 e. The summed E-state index contributed by atoms with van der Waals surface area (Å²) in [6.07, 6.45) is 0.990. The van der Waals surface area contributed by atoms with E-state index >= 15 is 0 Å². The summed E-state index contributed by atoms with van der Waals surface area (Å²) in [7, 11) is -3.20. The minimum absolute atomic E-state index is 0.0723. The maximum absolute atomic E-state index is 12.4. The summed E-state index contributed by atoms with van der Waals surface area (Å²) in [4.78, 5) is 23.7. The summed E-state index contributed by atoms with van der Waals surface area (Å²) < 4.78 is 25.2. The molecule has 1 amide bonds. The van der Waals surface area contributed by atoms with E-state index in [4.69, 9.17) is 0 Å². The van der Waals surface area contributed by atoms with E-state index in [1.54, 1.807) is 45.0 Å². The van der Waals surface area contributed by atoms with Gasteiger partial charge in [0.05, 0.1) is 11.2 Å². The summed E-state index contributed by atoms with van der Waals surface area (Å²) in [5.41, 5.74) is 0.254. The van der Waals surface area contributed by atoms with Gasteiger partial charge in [0.15, 0.2) is 0 Å². The fourth-order valence-corrected chi connectivity index (χ4v) is 4.05. The first-order valence-corrected chi connectivity index (χ1v) is 10.3. The monoisotopic (exact) mass is 382 g/mol. The third-order valence-electron chi connectivity index (χ3n) is 4.99. The summed E-state index contributed by atoms with van der Waals surface area (Å²) in [5.74, 6) is -1.21. The molecule has 1 aliphatic rings. The average molecular weight is 382 g/mol. The lowest BCUT2D eigenvalue weighted by atomic mass is 9.85. The van der Waals surface area contributed by atoms with E-state index in [0.717, 1.165) is 0 Å². The van der Waals surface area contributed by atoms with Crippen LogP contribution in [0.4, 0.5) is 5.69 Å². The minimum atomic E-state index is -3.20. The highest BCUT2D eigenvalue weighted by atomic mass is 32.2. The van der Waals surface area contributed by atoms with Gasteiger partial charge >= 0.3 is 5.97 Å². The fraction of sp³-hybridized carbons (Fsp3) is 0.556. The van der Waals surface area contributed by atoms with Gasteiger partial charge in [-0.2, -0.15) is 0 Å². The number of amides is 1. The van der Waals surface area contributed by atoms with E-state index < -0.39 is 21.4 Å². The largest absolute Gasteiger partial charge is 0.481 e. The highest BCUT2D eigenvalue weighted by molar-refractivity contribution is 7.89. The molecule has 1 fully saturated rings. The van der Waals surface area contributed by atoms with Crippen LogP contribution in [0.3, 0.4) is 0 Å². The fourth-order valence-electron chi connectivity index (χ4n) is 2.92. The number of aliphatic carboxylic acids is 1. The van der Waals surface area contributed by atoms with Crippen LogP contribution in [0.25, 0.3) is 0 Å². The number of benzene rings is 1. The molecular formula is C18H26N2O5S. The van der Waals surface area contributed by atoms with Gasteiger partial charge in [0, 0.05) is 24.7 Å². The lowest BCUT2D eigenvalue weighted by molar-refractivity contribution is -0.142. The number of rotatable bonds is 6. The average Bonchev–Trinajstić information content (AvgIpc) is 2.62. The molecule has 1 aliphatic heterocycles. The predicted molar refractivity (Wildman–Crippen MR) is 99.5 cm³/mol. The molecule has 144 valence electrons. The number of sulfonamides is 1. The van der Waals surface area contributed by atoms with Crippen LogP contribution < -0.4 is 5.32 Å². The van der Waals surface area contributed by atoms with Crippen LogP contribution in [-0.4, -0.2) is 48.5 Å². The number of nitrogens with one attached hydrogen (secondary N) is 1. The Balaban J connectivity index is 1.96. The lowest BCUT2D eigenvalue weighted by Gasteiger charge is -2.30. The van der Waals surface area contributed by atoms with E-state index in [2.05, 4.69) is 5.32 Å². The molecule has 0 atom stereocenters. The molecule has 7 nitrogen and oxygen atoms in total. The van der Waals surface area contributed by atoms with Crippen molar-refractivity contribution in [2.75, 3.05) is 24.2 Å². The van der Waals surface area contributed by atoms with Gasteiger partial charge in [-0.3, -0.25) is 9.59 Å². The van der Waals surface area contributed by atoms with Crippen molar-refractivity contribution in [1.29, 1.82) is 0 Å². The smallest absolute Gasteiger partial charge is 0.313 e. The first kappa shape index (κ1) is 20.4. The Kier molecular flexibility index (Phi) is 6.08. The summed E-state index contributed by atoms with van der Waals surface area (Å²) in [6.45, 7) is 5.59. The van der Waals surface area contributed by atoms with Crippen LogP contribution in [0.2, 0.25) is 0 Å². The lowest BCUT2D eigenvalue weighted by Crippen LogP contribution is -2.42. The van der Waals surface area contributed by atoms with E-state index in [1.807, 2.05) is 0 Å². The van der Waals surface area contributed by atoms with Crippen molar-refractivity contribution in [3.05, 3.63) is 29.8 Å². The minimum Gasteiger partial charge on any atom is -0.481 e. The van der Waals surface area contributed by atoms with Crippen LogP contribution in [0.15, 0.2) is 24.3 Å². The van der Waals surface area contributed by atoms with Gasteiger partial charge < -0.3 is 10.4 Å². The molecule has 2 N–H and O–H groups in total. The molecule has 0 radical (unpaired) electrons. The highest BCUT2D eigenvalue weighted by Gasteiger charge is 2.31. The molecule has 1 aromatic rings. The Morgan fingerprint density at radius 1 is 1.19 bits per heavy atom. The van der Waals surface area contributed by atoms with Crippen molar-refractivity contribution in [3.8, 4) is 0 Å². The summed E-state index contributed by atoms with van der Waals surface area (Å²) >= 11 is 0. The van der Waals surface area contributed by atoms with Gasteiger partial charge in [0.1, 0.15) is 0 Å². The van der Waals surface area contributed by atoms with Crippen molar-refractivity contribution < 1.29 is 23.1 Å². The second kappa shape index (κ2) is 7.75. The number of nitrogens with zero attached hydrogens (tertiary/aromatic N) is 1. The summed E-state index contributed by atoms with van der Waals surface area (Å²) in [5, 5.41) is 12.1. The maximum atomic E-state index is 12.4. The standard InChI is InChI=1S/C18H26N2O5S/c1-4-26(24,25)20-11-9-13(10-12-20)16(21)19-15-7-5-14(6-8-15)18(2,3)17(22)23/h5-8,13H,4,9-12H2,1-3H3,(H,19,21)(H,22,23). The topological polar surface area (TPSA) is 104 Å². The first-order chi connectivity index (χ1) is 12.1. The molecule has 0 aliphatic carbocycles. The van der Waals surface area contributed by atoms with E-state index in [1.165, 1.54) is 4.31 Å². The zero-order chi connectivity index (χ0) is 19.5. The molecule has 8 heteroatoms. The van der Waals surface area contributed by atoms with E-state index in [9.17, 15) is 23.1 Å². The van der Waals surface area contributed by atoms with Crippen LogP contribution in [0, 0.1) is 5.92 Å². The molecule has 0 bridgehead atoms. The quantitative estimate of drug-likeness (QED) is 0.784. The number of carboxylic acids is 1. The van der Waals surface area contributed by atoms with Crippen molar-refractivity contribution in [3.63, 3.8) is 0 Å². The van der Waals surface area contributed by atoms with Crippen molar-refractivity contribution in [2.24, 2.45) is 5.92 Å². The molecule has 0 spiro atoms. The molecule has 1 aromatic carbocycles. The predicted octanol–water partition coefficient (Wildman–Crippen LogP) is 2.05. The van der Waals surface area contributed by atoms with Crippen molar-refractivity contribution >= 4 is 27.6 Å². The molecule has 1 heterocycles. The first-order valence-electron chi connectivity index (χ1n) is 8.70. The number of hydrogen-bond acceptors (Lipinski definition) is 4. The molecule has 26 heavy (non-hydrogen) atoms. The second-order valence-electron chi connectivity index (χ2n) is 7.07. The van der Waals surface area contributed by atoms with Crippen LogP contribution in [-0.2, 0) is 25.0 Å². The summed E-state index contributed by atoms with van der Waals surface area (Å²) in [6, 6.07) is 6.77. The van der Waals surface area contributed by atoms with Crippen LogP contribution >= 0.6 is 0 Å². The Bertz CT molecular complexity index is 763. The third-order valence-corrected chi connectivity index (χ3v) is 6.87. The Labute approximate surface area is 154 Å². The Morgan fingerprint density at radius 2 is 1.73 bits per heavy atom. The van der Waals surface area contributed by atoms with Gasteiger partial charge in [0.25, 0.3) is 0 Å². The van der Waals surface area contributed by atoms with Gasteiger partial charge in [-0.05, 0) is 51.3 Å². The molecule has 0 saturated carbocycles. The number of anilines is 1. The zero-order valence-electron chi connectivity index (χ0n) is 15.4.